The number of hydrogen-bond acceptors (Lipinski definition) is 5. The highest BCUT2D eigenvalue weighted by atomic mass is 19.4. The molecule has 1 aromatic carbocycles. The molecular formula is C23H29F5N2O4. The second kappa shape index (κ2) is 9.89. The summed E-state index contributed by atoms with van der Waals surface area (Å²) < 4.78 is 77.5. The van der Waals surface area contributed by atoms with Gasteiger partial charge in [-0.1, -0.05) is 19.9 Å². The highest BCUT2D eigenvalue weighted by Gasteiger charge is 2.47. The molecule has 0 aliphatic rings. The van der Waals surface area contributed by atoms with Gasteiger partial charge in [-0.2, -0.15) is 27.1 Å². The summed E-state index contributed by atoms with van der Waals surface area (Å²) in [5.74, 6) is -1.11. The van der Waals surface area contributed by atoms with Crippen LogP contribution in [0.25, 0.3) is 11.3 Å². The fourth-order valence-corrected chi connectivity index (χ4v) is 3.44. The summed E-state index contributed by atoms with van der Waals surface area (Å²) >= 11 is 0. The van der Waals surface area contributed by atoms with Gasteiger partial charge in [-0.05, 0) is 51.8 Å². The highest BCUT2D eigenvalue weighted by Crippen LogP contribution is 2.42. The summed E-state index contributed by atoms with van der Waals surface area (Å²) in [4.78, 5) is 12.4. The van der Waals surface area contributed by atoms with Crippen LogP contribution in [0.5, 0.6) is 5.75 Å². The molecule has 0 aliphatic carbocycles. The topological polar surface area (TPSA) is 73.6 Å². The molecule has 0 spiro atoms. The average molecular weight is 492 g/mol. The molecule has 0 radical (unpaired) electrons. The fourth-order valence-electron chi connectivity index (χ4n) is 3.44. The summed E-state index contributed by atoms with van der Waals surface area (Å²) in [5.41, 5.74) is -2.78. The van der Waals surface area contributed by atoms with Crippen molar-refractivity contribution in [3.63, 3.8) is 0 Å². The Morgan fingerprint density at radius 3 is 2.29 bits per heavy atom. The summed E-state index contributed by atoms with van der Waals surface area (Å²) in [6, 6.07) is 3.85. The predicted molar refractivity (Wildman–Crippen MR) is 115 cm³/mol. The Balaban J connectivity index is 2.69. The van der Waals surface area contributed by atoms with E-state index in [4.69, 9.17) is 4.74 Å². The Morgan fingerprint density at radius 1 is 1.18 bits per heavy atom. The van der Waals surface area contributed by atoms with Crippen molar-refractivity contribution in [2.75, 3.05) is 6.61 Å². The smallest absolute Gasteiger partial charge is 0.394 e. The van der Waals surface area contributed by atoms with Crippen LogP contribution in [0.3, 0.4) is 0 Å². The molecule has 34 heavy (non-hydrogen) atoms. The van der Waals surface area contributed by atoms with E-state index in [1.54, 1.807) is 6.92 Å². The summed E-state index contributed by atoms with van der Waals surface area (Å²) in [5, 5.41) is 14.5. The van der Waals surface area contributed by atoms with E-state index in [0.29, 0.717) is 0 Å². The van der Waals surface area contributed by atoms with Crippen molar-refractivity contribution >= 4 is 5.97 Å². The zero-order chi connectivity index (χ0) is 26.1. The van der Waals surface area contributed by atoms with Crippen LogP contribution in [-0.2, 0) is 17.7 Å². The Morgan fingerprint density at radius 2 is 1.79 bits per heavy atom. The zero-order valence-corrected chi connectivity index (χ0v) is 19.9. The molecule has 0 fully saturated rings. The van der Waals surface area contributed by atoms with Crippen molar-refractivity contribution < 1.29 is 41.3 Å². The number of nitrogens with zero attached hydrogens (tertiary/aromatic N) is 2. The van der Waals surface area contributed by atoms with Crippen LogP contribution < -0.4 is 4.74 Å². The fraction of sp³-hybridized carbons (Fsp3) is 0.565. The van der Waals surface area contributed by atoms with Gasteiger partial charge in [0.25, 0.3) is 0 Å². The molecule has 1 heterocycles. The van der Waals surface area contributed by atoms with Crippen LogP contribution in [-0.4, -0.2) is 45.9 Å². The second-order valence-corrected chi connectivity index (χ2v) is 9.28. The van der Waals surface area contributed by atoms with Crippen LogP contribution in [0.1, 0.15) is 56.2 Å². The third-order valence-electron chi connectivity index (χ3n) is 5.13. The quantitative estimate of drug-likeness (QED) is 0.368. The van der Waals surface area contributed by atoms with E-state index >= 15 is 0 Å². The molecule has 0 atom stereocenters. The first-order valence-electron chi connectivity index (χ1n) is 10.6. The lowest BCUT2D eigenvalue weighted by Gasteiger charge is -2.28. The van der Waals surface area contributed by atoms with E-state index in [-0.39, 0.29) is 47.0 Å². The standard InChI is InChI=1S/C23H29F5N2O4/c1-7-33-19(31)17-13(2)18(30(29-17)12-22(5,6)32)15-9-8-14(10-16(15)34-20(24)25)11-21(3,4)23(26,27)28/h8-10,20,32H,7,11-12H2,1-6H3. The average Bonchev–Trinajstić information content (AvgIpc) is 2.95. The minimum Gasteiger partial charge on any atom is -0.461 e. The van der Waals surface area contributed by atoms with Crippen molar-refractivity contribution in [3.8, 4) is 17.0 Å². The number of aliphatic hydroxyl groups is 1. The maximum absolute atomic E-state index is 13.3. The number of ether oxygens (including phenoxy) is 2. The molecule has 0 saturated carbocycles. The number of carbonyl (C=O) groups is 1. The lowest BCUT2D eigenvalue weighted by atomic mass is 9.84. The number of esters is 1. The maximum atomic E-state index is 13.3. The zero-order valence-electron chi connectivity index (χ0n) is 19.9. The van der Waals surface area contributed by atoms with Gasteiger partial charge in [-0.15, -0.1) is 0 Å². The normalized spacial score (nSPS) is 12.9. The van der Waals surface area contributed by atoms with E-state index < -0.39 is 36.2 Å². The molecule has 11 heteroatoms. The Kier molecular flexibility index (Phi) is 8.02. The molecule has 0 saturated heterocycles. The van der Waals surface area contributed by atoms with E-state index in [1.165, 1.54) is 37.6 Å². The molecule has 1 N–H and O–H groups in total. The number of benzene rings is 1. The Hall–Kier alpha value is -2.69. The van der Waals surface area contributed by atoms with Crippen molar-refractivity contribution in [2.24, 2.45) is 5.41 Å². The summed E-state index contributed by atoms with van der Waals surface area (Å²) in [6.45, 7) is 4.88. The third-order valence-corrected chi connectivity index (χ3v) is 5.13. The minimum absolute atomic E-state index is 0.0774. The molecule has 6 nitrogen and oxygen atoms in total. The molecule has 0 unspecified atom stereocenters. The molecular weight excluding hydrogens is 463 g/mol. The number of hydrogen-bond donors (Lipinski definition) is 1. The summed E-state index contributed by atoms with van der Waals surface area (Å²) in [6.07, 6.45) is -4.97. The molecule has 0 amide bonds. The molecule has 2 aromatic rings. The molecule has 1 aromatic heterocycles. The maximum Gasteiger partial charge on any atom is 0.394 e. The number of halogens is 5. The molecule has 0 bridgehead atoms. The predicted octanol–water partition coefficient (Wildman–Crippen LogP) is 5.54. The van der Waals surface area contributed by atoms with Gasteiger partial charge in [-0.25, -0.2) is 4.79 Å². The third kappa shape index (κ3) is 6.46. The first kappa shape index (κ1) is 27.6. The largest absolute Gasteiger partial charge is 0.461 e. The van der Waals surface area contributed by atoms with Crippen LogP contribution in [0.2, 0.25) is 0 Å². The first-order chi connectivity index (χ1) is 15.5. The van der Waals surface area contributed by atoms with Crippen LogP contribution in [0.4, 0.5) is 22.0 Å². The van der Waals surface area contributed by atoms with Crippen molar-refractivity contribution in [1.29, 1.82) is 0 Å². The van der Waals surface area contributed by atoms with Crippen molar-refractivity contribution in [2.45, 2.75) is 72.9 Å². The molecule has 2 rings (SSSR count). The SMILES string of the molecule is CCOC(=O)c1nn(CC(C)(C)O)c(-c2ccc(CC(C)(C)C(F)(F)F)cc2OC(F)F)c1C. The van der Waals surface area contributed by atoms with Gasteiger partial charge in [0.15, 0.2) is 5.69 Å². The number of carbonyl (C=O) groups excluding carboxylic acids is 1. The highest BCUT2D eigenvalue weighted by molar-refractivity contribution is 5.91. The van der Waals surface area contributed by atoms with E-state index in [2.05, 4.69) is 9.84 Å². The van der Waals surface area contributed by atoms with E-state index in [0.717, 1.165) is 19.9 Å². The molecule has 0 aliphatic heterocycles. The van der Waals surface area contributed by atoms with Gasteiger partial charge in [0, 0.05) is 11.1 Å². The number of rotatable bonds is 9. The van der Waals surface area contributed by atoms with Crippen LogP contribution in [0, 0.1) is 12.3 Å². The van der Waals surface area contributed by atoms with Crippen molar-refractivity contribution in [3.05, 3.63) is 35.0 Å². The van der Waals surface area contributed by atoms with Gasteiger partial charge in [0.1, 0.15) is 5.75 Å². The van der Waals surface area contributed by atoms with Crippen LogP contribution >= 0.6 is 0 Å². The second-order valence-electron chi connectivity index (χ2n) is 9.28. The monoisotopic (exact) mass is 492 g/mol. The van der Waals surface area contributed by atoms with Gasteiger partial charge in [-0.3, -0.25) is 4.68 Å². The number of alkyl halides is 5. The van der Waals surface area contributed by atoms with E-state index in [9.17, 15) is 31.9 Å². The van der Waals surface area contributed by atoms with E-state index in [1.807, 2.05) is 0 Å². The first-order valence-corrected chi connectivity index (χ1v) is 10.6. The van der Waals surface area contributed by atoms with Gasteiger partial charge in [0.2, 0.25) is 0 Å². The van der Waals surface area contributed by atoms with Gasteiger partial charge in [0.05, 0.1) is 29.9 Å². The molecule has 190 valence electrons. The number of aromatic nitrogens is 2. The lowest BCUT2D eigenvalue weighted by molar-refractivity contribution is -0.211. The lowest BCUT2D eigenvalue weighted by Crippen LogP contribution is -2.34. The van der Waals surface area contributed by atoms with Gasteiger partial charge >= 0.3 is 18.8 Å². The Labute approximate surface area is 194 Å². The Bertz CT molecular complexity index is 1020. The van der Waals surface area contributed by atoms with Gasteiger partial charge < -0.3 is 14.6 Å². The van der Waals surface area contributed by atoms with Crippen molar-refractivity contribution in [1.82, 2.24) is 9.78 Å². The van der Waals surface area contributed by atoms with Crippen LogP contribution in [0.15, 0.2) is 18.2 Å². The summed E-state index contributed by atoms with van der Waals surface area (Å²) in [7, 11) is 0. The minimum atomic E-state index is -4.51.